The number of carbonyl (C=O) groups excluding carboxylic acids is 2. The number of carbonyl (C=O) groups is 2. The second kappa shape index (κ2) is 7.36. The van der Waals surface area contributed by atoms with E-state index < -0.39 is 6.04 Å². The van der Waals surface area contributed by atoms with Crippen molar-refractivity contribution < 1.29 is 9.59 Å². The van der Waals surface area contributed by atoms with Crippen LogP contribution in [0.15, 0.2) is 0 Å². The summed E-state index contributed by atoms with van der Waals surface area (Å²) in [6, 6.07) is -0.466. The highest BCUT2D eigenvalue weighted by atomic mass is 16.2. The average Bonchev–Trinajstić information content (AvgIpc) is 2.81. The van der Waals surface area contributed by atoms with E-state index in [0.717, 1.165) is 25.9 Å². The van der Waals surface area contributed by atoms with Crippen molar-refractivity contribution in [2.75, 3.05) is 19.6 Å². The van der Waals surface area contributed by atoms with Gasteiger partial charge in [-0.3, -0.25) is 9.59 Å². The molecule has 1 saturated heterocycles. The summed E-state index contributed by atoms with van der Waals surface area (Å²) in [6.07, 6.45) is 3.24. The van der Waals surface area contributed by atoms with Gasteiger partial charge in [0.05, 0.1) is 6.04 Å². The third kappa shape index (κ3) is 5.04. The minimum atomic E-state index is -0.466. The second-order valence-electron chi connectivity index (χ2n) is 5.36. The summed E-state index contributed by atoms with van der Waals surface area (Å²) in [5, 5.41) is 2.73. The van der Waals surface area contributed by atoms with E-state index in [9.17, 15) is 9.59 Å². The van der Waals surface area contributed by atoms with Gasteiger partial charge < -0.3 is 16.0 Å². The maximum atomic E-state index is 11.7. The topological polar surface area (TPSA) is 75.4 Å². The highest BCUT2D eigenvalue weighted by Gasteiger charge is 2.18. The molecule has 0 aromatic heterocycles. The van der Waals surface area contributed by atoms with Crippen LogP contribution in [0.25, 0.3) is 0 Å². The Hall–Kier alpha value is -1.10. The Morgan fingerprint density at radius 2 is 1.89 bits per heavy atom. The summed E-state index contributed by atoms with van der Waals surface area (Å²) in [5.74, 6) is 0.375. The Morgan fingerprint density at radius 1 is 1.28 bits per heavy atom. The summed E-state index contributed by atoms with van der Waals surface area (Å²) in [7, 11) is 0. The van der Waals surface area contributed by atoms with Gasteiger partial charge in [-0.2, -0.15) is 0 Å². The van der Waals surface area contributed by atoms with E-state index in [1.807, 2.05) is 18.7 Å². The molecule has 0 spiro atoms. The van der Waals surface area contributed by atoms with E-state index in [-0.39, 0.29) is 11.8 Å². The van der Waals surface area contributed by atoms with E-state index in [1.54, 1.807) is 0 Å². The summed E-state index contributed by atoms with van der Waals surface area (Å²) in [6.45, 7) is 6.17. The van der Waals surface area contributed by atoms with Gasteiger partial charge in [-0.15, -0.1) is 0 Å². The van der Waals surface area contributed by atoms with Gasteiger partial charge >= 0.3 is 0 Å². The maximum Gasteiger partial charge on any atom is 0.236 e. The Morgan fingerprint density at radius 3 is 2.44 bits per heavy atom. The molecule has 0 aliphatic carbocycles. The van der Waals surface area contributed by atoms with Crippen molar-refractivity contribution in [1.29, 1.82) is 0 Å². The van der Waals surface area contributed by atoms with Crippen LogP contribution in [0, 0.1) is 5.92 Å². The van der Waals surface area contributed by atoms with Crippen molar-refractivity contribution in [2.24, 2.45) is 11.7 Å². The smallest absolute Gasteiger partial charge is 0.236 e. The van der Waals surface area contributed by atoms with Gasteiger partial charge in [0, 0.05) is 26.1 Å². The quantitative estimate of drug-likeness (QED) is 0.725. The SMILES string of the molecule is CC(C)C[C@H](N)C(=O)NCCC(=O)N1CCCC1. The predicted octanol–water partition coefficient (Wildman–Crippen LogP) is 0.489. The fourth-order valence-electron chi connectivity index (χ4n) is 2.16. The molecule has 0 radical (unpaired) electrons. The van der Waals surface area contributed by atoms with Crippen LogP contribution in [0.3, 0.4) is 0 Å². The van der Waals surface area contributed by atoms with Crippen molar-refractivity contribution in [3.63, 3.8) is 0 Å². The van der Waals surface area contributed by atoms with Gasteiger partial charge in [0.15, 0.2) is 0 Å². The molecule has 0 aromatic rings. The molecular weight excluding hydrogens is 230 g/mol. The summed E-state index contributed by atoms with van der Waals surface area (Å²) >= 11 is 0. The van der Waals surface area contributed by atoms with Crippen LogP contribution in [-0.4, -0.2) is 42.4 Å². The normalized spacial score (nSPS) is 17.0. The lowest BCUT2D eigenvalue weighted by Gasteiger charge is -2.17. The van der Waals surface area contributed by atoms with Gasteiger partial charge in [0.25, 0.3) is 0 Å². The number of nitrogens with zero attached hydrogens (tertiary/aromatic N) is 1. The molecule has 5 heteroatoms. The predicted molar refractivity (Wildman–Crippen MR) is 70.9 cm³/mol. The molecule has 0 bridgehead atoms. The molecule has 3 N–H and O–H groups in total. The van der Waals surface area contributed by atoms with Crippen LogP contribution in [-0.2, 0) is 9.59 Å². The summed E-state index contributed by atoms with van der Waals surface area (Å²) in [4.78, 5) is 25.2. The largest absolute Gasteiger partial charge is 0.354 e. The van der Waals surface area contributed by atoms with Gasteiger partial charge in [-0.05, 0) is 25.2 Å². The molecule has 2 amide bonds. The molecule has 5 nitrogen and oxygen atoms in total. The molecule has 1 fully saturated rings. The lowest BCUT2D eigenvalue weighted by atomic mass is 10.0. The zero-order chi connectivity index (χ0) is 13.5. The van der Waals surface area contributed by atoms with Crippen LogP contribution < -0.4 is 11.1 Å². The number of hydrogen-bond donors (Lipinski definition) is 2. The molecule has 1 aliphatic rings. The zero-order valence-electron chi connectivity index (χ0n) is 11.4. The van der Waals surface area contributed by atoms with Crippen molar-refractivity contribution in [3.8, 4) is 0 Å². The molecule has 104 valence electrons. The van der Waals surface area contributed by atoms with Crippen LogP contribution >= 0.6 is 0 Å². The Kier molecular flexibility index (Phi) is 6.12. The van der Waals surface area contributed by atoms with Gasteiger partial charge in [0.1, 0.15) is 0 Å². The molecule has 0 unspecified atom stereocenters. The first kappa shape index (κ1) is 15.0. The lowest BCUT2D eigenvalue weighted by Crippen LogP contribution is -2.42. The first-order valence-corrected chi connectivity index (χ1v) is 6.81. The highest BCUT2D eigenvalue weighted by molar-refractivity contribution is 5.82. The Labute approximate surface area is 109 Å². The monoisotopic (exact) mass is 255 g/mol. The number of likely N-dealkylation sites (tertiary alicyclic amines) is 1. The molecular formula is C13H25N3O2. The third-order valence-electron chi connectivity index (χ3n) is 3.16. The van der Waals surface area contributed by atoms with Gasteiger partial charge in [0.2, 0.25) is 11.8 Å². The van der Waals surface area contributed by atoms with Crippen LogP contribution in [0.1, 0.15) is 39.5 Å². The molecule has 1 atom stereocenters. The minimum Gasteiger partial charge on any atom is -0.354 e. The summed E-state index contributed by atoms with van der Waals surface area (Å²) < 4.78 is 0. The molecule has 0 aromatic carbocycles. The van der Waals surface area contributed by atoms with Crippen molar-refractivity contribution in [1.82, 2.24) is 10.2 Å². The van der Waals surface area contributed by atoms with Crippen molar-refractivity contribution in [3.05, 3.63) is 0 Å². The fraction of sp³-hybridized carbons (Fsp3) is 0.846. The average molecular weight is 255 g/mol. The number of hydrogen-bond acceptors (Lipinski definition) is 3. The van der Waals surface area contributed by atoms with Crippen LogP contribution in [0.5, 0.6) is 0 Å². The first-order valence-electron chi connectivity index (χ1n) is 6.81. The Bertz CT molecular complexity index is 286. The zero-order valence-corrected chi connectivity index (χ0v) is 11.4. The van der Waals surface area contributed by atoms with Gasteiger partial charge in [-0.1, -0.05) is 13.8 Å². The van der Waals surface area contributed by atoms with Crippen molar-refractivity contribution >= 4 is 11.8 Å². The van der Waals surface area contributed by atoms with E-state index in [1.165, 1.54) is 0 Å². The van der Waals surface area contributed by atoms with Gasteiger partial charge in [-0.25, -0.2) is 0 Å². The van der Waals surface area contributed by atoms with Crippen molar-refractivity contribution in [2.45, 2.75) is 45.6 Å². The third-order valence-corrected chi connectivity index (χ3v) is 3.16. The Balaban J connectivity index is 2.16. The maximum absolute atomic E-state index is 11.7. The first-order chi connectivity index (χ1) is 8.50. The molecule has 1 rings (SSSR count). The number of nitrogens with one attached hydrogen (secondary N) is 1. The number of rotatable bonds is 6. The lowest BCUT2D eigenvalue weighted by molar-refractivity contribution is -0.130. The van der Waals surface area contributed by atoms with Crippen LogP contribution in [0.2, 0.25) is 0 Å². The molecule has 18 heavy (non-hydrogen) atoms. The standard InChI is InChI=1S/C13H25N3O2/c1-10(2)9-11(14)13(18)15-6-5-12(17)16-7-3-4-8-16/h10-11H,3-9,14H2,1-2H3,(H,15,18)/t11-/m0/s1. The number of amides is 2. The van der Waals surface area contributed by atoms with Crippen LogP contribution in [0.4, 0.5) is 0 Å². The van der Waals surface area contributed by atoms with E-state index >= 15 is 0 Å². The number of nitrogens with two attached hydrogens (primary N) is 1. The van der Waals surface area contributed by atoms with E-state index in [0.29, 0.717) is 25.3 Å². The molecule has 1 heterocycles. The summed E-state index contributed by atoms with van der Waals surface area (Å²) in [5.41, 5.74) is 5.75. The second-order valence-corrected chi connectivity index (χ2v) is 5.36. The minimum absolute atomic E-state index is 0.130. The van der Waals surface area contributed by atoms with E-state index in [4.69, 9.17) is 5.73 Å². The van der Waals surface area contributed by atoms with E-state index in [2.05, 4.69) is 5.32 Å². The highest BCUT2D eigenvalue weighted by Crippen LogP contribution is 2.08. The molecule has 0 saturated carbocycles. The molecule has 1 aliphatic heterocycles. The fourth-order valence-corrected chi connectivity index (χ4v) is 2.16.